The fourth-order valence-corrected chi connectivity index (χ4v) is 1.77. The largest absolute Gasteiger partial charge is 0.482 e. The summed E-state index contributed by atoms with van der Waals surface area (Å²) in [5, 5.41) is 3.49. The third kappa shape index (κ3) is 5.11. The topological polar surface area (TPSA) is 38.3 Å². The third-order valence-corrected chi connectivity index (χ3v) is 3.17. The molecule has 1 amide bonds. The first kappa shape index (κ1) is 15.7. The van der Waals surface area contributed by atoms with Crippen LogP contribution in [0, 0.1) is 9.85 Å². The maximum Gasteiger partial charge on any atom is 0.258 e. The second-order valence-corrected chi connectivity index (χ2v) is 4.79. The van der Waals surface area contributed by atoms with Gasteiger partial charge in [0.25, 0.3) is 5.91 Å². The summed E-state index contributed by atoms with van der Waals surface area (Å²) in [6.45, 7) is 0.112. The van der Waals surface area contributed by atoms with Gasteiger partial charge in [-0.2, -0.15) is 0 Å². The van der Waals surface area contributed by atoms with Crippen LogP contribution in [0.2, 0.25) is 15.1 Å². The molecule has 0 aromatic heterocycles. The van der Waals surface area contributed by atoms with Gasteiger partial charge in [0.05, 0.1) is 21.6 Å². The summed E-state index contributed by atoms with van der Waals surface area (Å²) < 4.78 is 7.86. The molecular formula is C11H7Cl3INO2. The number of carbonyl (C=O) groups excluding carboxylic acids is 1. The lowest BCUT2D eigenvalue weighted by Gasteiger charge is -2.08. The van der Waals surface area contributed by atoms with Crippen LogP contribution >= 0.6 is 57.4 Å². The maximum atomic E-state index is 11.3. The van der Waals surface area contributed by atoms with Crippen molar-refractivity contribution in [2.45, 2.75) is 0 Å². The van der Waals surface area contributed by atoms with Crippen LogP contribution < -0.4 is 10.1 Å². The zero-order valence-electron chi connectivity index (χ0n) is 8.90. The summed E-state index contributed by atoms with van der Waals surface area (Å²) in [7, 11) is 0. The van der Waals surface area contributed by atoms with Crippen molar-refractivity contribution in [3.63, 3.8) is 0 Å². The zero-order valence-corrected chi connectivity index (χ0v) is 13.3. The molecule has 0 aliphatic carbocycles. The second-order valence-electron chi connectivity index (χ2n) is 3.03. The number of halogens is 4. The van der Waals surface area contributed by atoms with Gasteiger partial charge in [0.2, 0.25) is 0 Å². The predicted molar refractivity (Wildman–Crippen MR) is 81.8 cm³/mol. The second kappa shape index (κ2) is 7.95. The van der Waals surface area contributed by atoms with Crippen LogP contribution in [0.4, 0.5) is 0 Å². The van der Waals surface area contributed by atoms with E-state index in [2.05, 4.69) is 15.2 Å². The van der Waals surface area contributed by atoms with E-state index in [1.54, 1.807) is 0 Å². The molecule has 0 spiro atoms. The Balaban J connectivity index is 2.55. The highest BCUT2D eigenvalue weighted by Gasteiger charge is 2.08. The molecule has 0 heterocycles. The Labute approximate surface area is 133 Å². The SMILES string of the molecule is O=C(COc1cc(Cl)c(Cl)cc1Cl)NCC#CI. The molecule has 0 radical (unpaired) electrons. The Bertz CT molecular complexity index is 511. The minimum absolute atomic E-state index is 0.166. The van der Waals surface area contributed by atoms with Crippen molar-refractivity contribution in [1.29, 1.82) is 0 Å². The fourth-order valence-electron chi connectivity index (χ4n) is 0.985. The van der Waals surface area contributed by atoms with E-state index in [0.717, 1.165) is 0 Å². The molecule has 1 rings (SSSR count). The minimum Gasteiger partial charge on any atom is -0.482 e. The first-order valence-corrected chi connectivity index (χ1v) is 6.88. The van der Waals surface area contributed by atoms with Gasteiger partial charge < -0.3 is 10.1 Å². The smallest absolute Gasteiger partial charge is 0.258 e. The zero-order chi connectivity index (χ0) is 13.5. The molecule has 96 valence electrons. The van der Waals surface area contributed by atoms with Gasteiger partial charge >= 0.3 is 0 Å². The van der Waals surface area contributed by atoms with E-state index < -0.39 is 0 Å². The van der Waals surface area contributed by atoms with Gasteiger partial charge in [0.15, 0.2) is 6.61 Å². The summed E-state index contributed by atoms with van der Waals surface area (Å²) in [4.78, 5) is 11.3. The van der Waals surface area contributed by atoms with Crippen molar-refractivity contribution in [2.24, 2.45) is 0 Å². The van der Waals surface area contributed by atoms with Crippen LogP contribution in [-0.2, 0) is 4.79 Å². The van der Waals surface area contributed by atoms with E-state index in [4.69, 9.17) is 39.5 Å². The molecule has 1 aromatic rings. The summed E-state index contributed by atoms with van der Waals surface area (Å²) in [5.41, 5.74) is 0. The first-order chi connectivity index (χ1) is 8.54. The van der Waals surface area contributed by atoms with Crippen molar-refractivity contribution in [3.05, 3.63) is 27.2 Å². The molecule has 0 bridgehead atoms. The highest BCUT2D eigenvalue weighted by Crippen LogP contribution is 2.33. The van der Waals surface area contributed by atoms with Gasteiger partial charge in [0, 0.05) is 28.7 Å². The number of benzene rings is 1. The van der Waals surface area contributed by atoms with E-state index in [-0.39, 0.29) is 19.1 Å². The molecule has 0 saturated heterocycles. The van der Waals surface area contributed by atoms with Crippen molar-refractivity contribution < 1.29 is 9.53 Å². The molecule has 0 saturated carbocycles. The van der Waals surface area contributed by atoms with Gasteiger partial charge in [-0.05, 0) is 9.99 Å². The molecule has 1 aromatic carbocycles. The molecule has 3 nitrogen and oxygen atoms in total. The van der Waals surface area contributed by atoms with Crippen LogP contribution in [0.5, 0.6) is 5.75 Å². The molecule has 0 atom stereocenters. The predicted octanol–water partition coefficient (Wildman–Crippen LogP) is 3.54. The summed E-state index contributed by atoms with van der Waals surface area (Å²) in [6, 6.07) is 2.92. The highest BCUT2D eigenvalue weighted by molar-refractivity contribution is 14.1. The van der Waals surface area contributed by atoms with Crippen LogP contribution in [0.3, 0.4) is 0 Å². The Hall–Kier alpha value is -0.350. The van der Waals surface area contributed by atoms with Gasteiger partial charge in [-0.3, -0.25) is 4.79 Å². The number of rotatable bonds is 4. The average molecular weight is 418 g/mol. The van der Waals surface area contributed by atoms with Gasteiger partial charge in [-0.15, -0.1) is 0 Å². The van der Waals surface area contributed by atoms with Gasteiger partial charge in [0.1, 0.15) is 5.75 Å². The molecule has 18 heavy (non-hydrogen) atoms. The normalized spacial score (nSPS) is 9.33. The quantitative estimate of drug-likeness (QED) is 0.462. The average Bonchev–Trinajstić information content (AvgIpc) is 2.32. The van der Waals surface area contributed by atoms with Gasteiger partial charge in [-0.25, -0.2) is 0 Å². The lowest BCUT2D eigenvalue weighted by molar-refractivity contribution is -0.122. The Morgan fingerprint density at radius 3 is 2.61 bits per heavy atom. The van der Waals surface area contributed by atoms with E-state index >= 15 is 0 Å². The number of amides is 1. The van der Waals surface area contributed by atoms with E-state index in [0.29, 0.717) is 20.8 Å². The molecule has 0 aliphatic heterocycles. The van der Waals surface area contributed by atoms with Crippen molar-refractivity contribution in [3.8, 4) is 15.6 Å². The van der Waals surface area contributed by atoms with Crippen LogP contribution in [0.25, 0.3) is 0 Å². The van der Waals surface area contributed by atoms with Crippen LogP contribution in [-0.4, -0.2) is 19.1 Å². The van der Waals surface area contributed by atoms with E-state index in [9.17, 15) is 4.79 Å². The Kier molecular flexibility index (Phi) is 6.94. The lowest BCUT2D eigenvalue weighted by Crippen LogP contribution is -2.29. The minimum atomic E-state index is -0.295. The summed E-state index contributed by atoms with van der Waals surface area (Å²) in [6.07, 6.45) is 0. The lowest BCUT2D eigenvalue weighted by atomic mass is 10.3. The third-order valence-electron chi connectivity index (χ3n) is 1.77. The first-order valence-electron chi connectivity index (χ1n) is 4.67. The van der Waals surface area contributed by atoms with Crippen LogP contribution in [0.15, 0.2) is 12.1 Å². The Morgan fingerprint density at radius 1 is 1.28 bits per heavy atom. The van der Waals surface area contributed by atoms with Crippen molar-refractivity contribution >= 4 is 63.3 Å². The molecule has 0 fully saturated rings. The standard InChI is InChI=1S/C11H7Cl3INO2/c12-7-4-9(14)10(5-8(7)13)18-6-11(17)16-3-1-2-15/h4-5H,3,6H2,(H,16,17). The molecule has 1 N–H and O–H groups in total. The number of hydrogen-bond donors (Lipinski definition) is 1. The number of ether oxygens (including phenoxy) is 1. The van der Waals surface area contributed by atoms with Crippen molar-refractivity contribution in [2.75, 3.05) is 13.2 Å². The van der Waals surface area contributed by atoms with E-state index in [1.165, 1.54) is 12.1 Å². The monoisotopic (exact) mass is 417 g/mol. The number of nitrogens with one attached hydrogen (secondary N) is 1. The summed E-state index contributed by atoms with van der Waals surface area (Å²) >= 11 is 19.4. The maximum absolute atomic E-state index is 11.3. The molecule has 7 heteroatoms. The highest BCUT2D eigenvalue weighted by atomic mass is 127. The molecule has 0 unspecified atom stereocenters. The van der Waals surface area contributed by atoms with E-state index in [1.807, 2.05) is 22.6 Å². The van der Waals surface area contributed by atoms with Gasteiger partial charge in [-0.1, -0.05) is 40.7 Å². The number of carbonyl (C=O) groups is 1. The van der Waals surface area contributed by atoms with Crippen LogP contribution in [0.1, 0.15) is 0 Å². The molecular weight excluding hydrogens is 411 g/mol. The summed E-state index contributed by atoms with van der Waals surface area (Å²) in [5.74, 6) is 2.70. The number of hydrogen-bond acceptors (Lipinski definition) is 2. The molecule has 0 aliphatic rings. The van der Waals surface area contributed by atoms with Crippen molar-refractivity contribution in [1.82, 2.24) is 5.32 Å². The fraction of sp³-hybridized carbons (Fsp3) is 0.182. The Morgan fingerprint density at radius 2 is 1.94 bits per heavy atom.